The van der Waals surface area contributed by atoms with E-state index >= 15 is 0 Å². The van der Waals surface area contributed by atoms with Crippen molar-refractivity contribution in [3.05, 3.63) is 28.3 Å². The highest BCUT2D eigenvalue weighted by atomic mass is 32.2. The number of rotatable bonds is 3. The third-order valence-corrected chi connectivity index (χ3v) is 12.0. The van der Waals surface area contributed by atoms with Crippen LogP contribution in [0, 0.1) is 6.92 Å². The van der Waals surface area contributed by atoms with Gasteiger partial charge in [-0.25, -0.2) is 0 Å². The fourth-order valence-electron chi connectivity index (χ4n) is 7.32. The quantitative estimate of drug-likeness (QED) is 0.565. The number of aromatic hydroxyl groups is 1. The van der Waals surface area contributed by atoms with Gasteiger partial charge in [-0.15, -0.1) is 23.5 Å². The lowest BCUT2D eigenvalue weighted by molar-refractivity contribution is -0.285. The molecule has 1 spiro atoms. The monoisotopic (exact) mass is 544 g/mol. The molecule has 37 heavy (non-hydrogen) atoms. The Kier molecular flexibility index (Phi) is 4.70. The number of epoxide rings is 1. The number of benzene rings is 2. The maximum absolute atomic E-state index is 13.0. The van der Waals surface area contributed by atoms with E-state index in [-0.39, 0.29) is 16.1 Å². The highest BCUT2D eigenvalue weighted by Gasteiger charge is 2.92. The van der Waals surface area contributed by atoms with Gasteiger partial charge in [0.1, 0.15) is 27.9 Å². The summed E-state index contributed by atoms with van der Waals surface area (Å²) in [4.78, 5) is 13.0. The van der Waals surface area contributed by atoms with Gasteiger partial charge >= 0.3 is 0 Å². The highest BCUT2D eigenvalue weighted by Crippen LogP contribution is 2.73. The number of fused-ring (bicyclic) bond motifs is 8. The predicted molar refractivity (Wildman–Crippen MR) is 138 cm³/mol. The van der Waals surface area contributed by atoms with Crippen LogP contribution in [0.1, 0.15) is 52.4 Å². The molecule has 0 unspecified atom stereocenters. The minimum absolute atomic E-state index is 0.0253. The lowest BCUT2D eigenvalue weighted by atomic mass is 9.78. The number of Topliss-reactive ketones (excluding diaryl/α,β-unsaturated/α-hetero) is 1. The molecule has 8 rings (SSSR count). The molecule has 5 atom stereocenters. The van der Waals surface area contributed by atoms with E-state index in [0.717, 1.165) is 41.0 Å². The number of phenols is 1. The molecule has 0 amide bonds. The van der Waals surface area contributed by atoms with Crippen LogP contribution in [0.2, 0.25) is 0 Å². The molecule has 5 aliphatic heterocycles. The molecule has 0 radical (unpaired) electrons. The number of aryl methyl sites for hydroxylation is 1. The Morgan fingerprint density at radius 1 is 1.14 bits per heavy atom. The molecular weight excluding hydrogens is 516 g/mol. The van der Waals surface area contributed by atoms with Crippen LogP contribution in [0.25, 0.3) is 10.8 Å². The van der Waals surface area contributed by atoms with Gasteiger partial charge in [-0.05, 0) is 49.3 Å². The first-order chi connectivity index (χ1) is 17.9. The molecule has 8 nitrogen and oxygen atoms in total. The van der Waals surface area contributed by atoms with E-state index in [2.05, 4.69) is 0 Å². The van der Waals surface area contributed by atoms with Crippen LogP contribution in [-0.4, -0.2) is 71.1 Å². The van der Waals surface area contributed by atoms with Gasteiger partial charge in [0.15, 0.2) is 11.9 Å². The van der Waals surface area contributed by atoms with Crippen molar-refractivity contribution < 1.29 is 38.3 Å². The van der Waals surface area contributed by atoms with Crippen molar-refractivity contribution in [1.82, 2.24) is 0 Å². The highest BCUT2D eigenvalue weighted by molar-refractivity contribution is 8.17. The minimum Gasteiger partial charge on any atom is -0.506 e. The van der Waals surface area contributed by atoms with E-state index < -0.39 is 29.4 Å². The minimum atomic E-state index is -1.25. The van der Waals surface area contributed by atoms with Crippen LogP contribution in [0.3, 0.4) is 0 Å². The Labute approximate surface area is 222 Å². The second kappa shape index (κ2) is 7.49. The average molecular weight is 545 g/mol. The standard InChI is InChI=1S/C27H28O8S2/c1-12-10-14-18(19(29)17-13(20(14)30-2)6-4-7-15(17)28)21-16(12)22-23-26(31-3,33-21)25(11-32-25)27(34-22,35-23)24-36-8-5-9-37-24/h10,22-24,29H,4-9,11H2,1-3H3/t22-,23-,25-,26+,27-/m0/s1. The van der Waals surface area contributed by atoms with Crippen molar-refractivity contribution in [3.63, 3.8) is 0 Å². The SMILES string of the molecule is COc1c2c(c(O)c3c4c(c(C)cc13)[C@@H]1O[C@@]3(C5SCCCS5)O[C@@H]1[C@@](OC)(O4)[C@@]31CO1)C(=O)CCC2. The van der Waals surface area contributed by atoms with Crippen molar-refractivity contribution in [2.75, 3.05) is 32.3 Å². The van der Waals surface area contributed by atoms with Crippen molar-refractivity contribution in [2.45, 2.75) is 66.6 Å². The summed E-state index contributed by atoms with van der Waals surface area (Å²) in [5, 5.41) is 12.8. The summed E-state index contributed by atoms with van der Waals surface area (Å²) in [6.45, 7) is 2.40. The van der Waals surface area contributed by atoms with Crippen LogP contribution < -0.4 is 9.47 Å². The lowest BCUT2D eigenvalue weighted by Gasteiger charge is -2.50. The zero-order valence-electron chi connectivity index (χ0n) is 20.9. The lowest BCUT2D eigenvalue weighted by Crippen LogP contribution is -2.69. The molecule has 6 aliphatic rings. The summed E-state index contributed by atoms with van der Waals surface area (Å²) in [6.07, 6.45) is 1.94. The summed E-state index contributed by atoms with van der Waals surface area (Å²) < 4.78 is 38.9. The summed E-state index contributed by atoms with van der Waals surface area (Å²) in [7, 11) is 3.22. The van der Waals surface area contributed by atoms with Crippen LogP contribution in [0.4, 0.5) is 0 Å². The first kappa shape index (κ1) is 23.2. The summed E-state index contributed by atoms with van der Waals surface area (Å²) >= 11 is 3.68. The summed E-state index contributed by atoms with van der Waals surface area (Å²) in [6, 6.07) is 2.00. The number of methoxy groups -OCH3 is 2. The molecule has 196 valence electrons. The van der Waals surface area contributed by atoms with E-state index in [1.165, 1.54) is 0 Å². The number of hydrogen-bond donors (Lipinski definition) is 1. The molecule has 2 bridgehead atoms. The Hall–Kier alpha value is -1.69. The van der Waals surface area contributed by atoms with Crippen molar-refractivity contribution in [3.8, 4) is 17.2 Å². The maximum atomic E-state index is 13.0. The van der Waals surface area contributed by atoms with Crippen LogP contribution in [-0.2, 0) is 25.4 Å². The van der Waals surface area contributed by atoms with Gasteiger partial charge in [0.25, 0.3) is 5.79 Å². The molecule has 1 aliphatic carbocycles. The van der Waals surface area contributed by atoms with E-state index in [0.29, 0.717) is 47.3 Å². The largest absolute Gasteiger partial charge is 0.506 e. The van der Waals surface area contributed by atoms with Gasteiger partial charge in [0.2, 0.25) is 11.4 Å². The number of carbonyl (C=O) groups excluding carboxylic acids is 1. The second-order valence-electron chi connectivity index (χ2n) is 10.6. The van der Waals surface area contributed by atoms with Gasteiger partial charge in [-0.3, -0.25) is 4.79 Å². The predicted octanol–water partition coefficient (Wildman–Crippen LogP) is 4.25. The number of thioether (sulfide) groups is 2. The molecule has 5 heterocycles. The molecule has 4 saturated heterocycles. The van der Waals surface area contributed by atoms with Crippen LogP contribution >= 0.6 is 23.5 Å². The number of phenolic OH excluding ortho intramolecular Hbond substituents is 1. The van der Waals surface area contributed by atoms with Gasteiger partial charge in [0.05, 0.1) is 24.7 Å². The molecule has 0 saturated carbocycles. The molecule has 0 aromatic heterocycles. The zero-order valence-corrected chi connectivity index (χ0v) is 22.5. The van der Waals surface area contributed by atoms with Gasteiger partial charge < -0.3 is 33.5 Å². The van der Waals surface area contributed by atoms with Gasteiger partial charge in [-0.1, -0.05) is 0 Å². The van der Waals surface area contributed by atoms with E-state index in [1.54, 1.807) is 14.2 Å². The summed E-state index contributed by atoms with van der Waals surface area (Å²) in [5.74, 6) is 0.730. The van der Waals surface area contributed by atoms with Crippen LogP contribution in [0.15, 0.2) is 6.07 Å². The van der Waals surface area contributed by atoms with E-state index in [1.807, 2.05) is 36.5 Å². The number of hydrogen-bond acceptors (Lipinski definition) is 10. The van der Waals surface area contributed by atoms with Crippen molar-refractivity contribution >= 4 is 40.1 Å². The molecular formula is C27H28O8S2. The van der Waals surface area contributed by atoms with Crippen molar-refractivity contribution in [1.29, 1.82) is 0 Å². The molecule has 2 aromatic carbocycles. The van der Waals surface area contributed by atoms with Crippen molar-refractivity contribution in [2.24, 2.45) is 0 Å². The van der Waals surface area contributed by atoms with E-state index in [4.69, 9.17) is 28.4 Å². The normalized spacial score (nSPS) is 37.5. The first-order valence-corrected chi connectivity index (χ1v) is 14.9. The smallest absolute Gasteiger partial charge is 0.276 e. The average Bonchev–Trinajstić information content (AvgIpc) is 3.56. The Morgan fingerprint density at radius 2 is 1.92 bits per heavy atom. The van der Waals surface area contributed by atoms with Gasteiger partial charge in [-0.2, -0.15) is 0 Å². The number of carbonyl (C=O) groups is 1. The molecule has 4 fully saturated rings. The second-order valence-corrected chi connectivity index (χ2v) is 13.4. The first-order valence-electron chi connectivity index (χ1n) is 12.8. The molecule has 10 heteroatoms. The Morgan fingerprint density at radius 3 is 2.62 bits per heavy atom. The third-order valence-electron chi connectivity index (χ3n) is 8.93. The zero-order chi connectivity index (χ0) is 25.3. The third kappa shape index (κ3) is 2.52. The van der Waals surface area contributed by atoms with E-state index in [9.17, 15) is 9.90 Å². The Balaban J connectivity index is 1.40. The van der Waals surface area contributed by atoms with Crippen LogP contribution in [0.5, 0.6) is 17.2 Å². The number of ether oxygens (including phenoxy) is 6. The topological polar surface area (TPSA) is 96.0 Å². The van der Waals surface area contributed by atoms with Gasteiger partial charge in [0, 0.05) is 30.0 Å². The Bertz CT molecular complexity index is 1380. The maximum Gasteiger partial charge on any atom is 0.276 e. The molecule has 2 aromatic rings. The summed E-state index contributed by atoms with van der Waals surface area (Å²) in [5.41, 5.74) is 1.93. The molecule has 1 N–H and O–H groups in total. The fourth-order valence-corrected chi connectivity index (χ4v) is 10.6. The number of ketones is 1. The fraction of sp³-hybridized carbons (Fsp3) is 0.593.